The number of ether oxygens (including phenoxy) is 2. The second-order valence-corrected chi connectivity index (χ2v) is 6.01. The molecule has 2 rings (SSSR count). The van der Waals surface area contributed by atoms with Crippen LogP contribution in [0.2, 0.25) is 0 Å². The number of amides is 1. The van der Waals surface area contributed by atoms with Crippen LogP contribution in [0.5, 0.6) is 5.75 Å². The summed E-state index contributed by atoms with van der Waals surface area (Å²) >= 11 is 0. The number of nitriles is 2. The van der Waals surface area contributed by atoms with E-state index in [0.29, 0.717) is 5.75 Å². The topological polar surface area (TPSA) is 103 Å². The summed E-state index contributed by atoms with van der Waals surface area (Å²) in [5, 5.41) is 17.3. The van der Waals surface area contributed by atoms with Crippen LogP contribution in [0.3, 0.4) is 0 Å². The summed E-state index contributed by atoms with van der Waals surface area (Å²) in [5.74, 6) is -0.595. The number of carbonyl (C=O) groups is 2. The number of para-hydroxylation sites is 1. The van der Waals surface area contributed by atoms with Gasteiger partial charge in [-0.05, 0) is 11.6 Å². The minimum absolute atomic E-state index is 0.143. The number of carbonyl (C=O) groups excluding carboxylic acids is 2. The third-order valence-corrected chi connectivity index (χ3v) is 4.01. The normalized spacial score (nSPS) is 9.72. The smallest absolute Gasteiger partial charge is 0.344 e. The molecule has 0 spiro atoms. The molecule has 2 aromatic rings. The summed E-state index contributed by atoms with van der Waals surface area (Å²) in [4.78, 5) is 25.5. The Morgan fingerprint density at radius 1 is 0.862 bits per heavy atom. The third kappa shape index (κ3) is 7.00. The molecule has 0 atom stereocenters. The molecule has 148 valence electrons. The SMILES string of the molecule is N#CCCN(CCC#N)C(=O)COC(=O)COc1ccccc1-c1ccccc1. The first-order valence-electron chi connectivity index (χ1n) is 9.10. The standard InChI is InChI=1S/C22H21N3O4/c23-12-6-14-25(15-7-13-24)21(26)16-29-22(27)17-28-20-11-5-4-10-19(20)18-8-2-1-3-9-18/h1-5,8-11H,6-7,14-17H2. The van der Waals surface area contributed by atoms with Gasteiger partial charge in [-0.2, -0.15) is 10.5 Å². The van der Waals surface area contributed by atoms with Crippen molar-refractivity contribution in [1.29, 1.82) is 10.5 Å². The van der Waals surface area contributed by atoms with Crippen molar-refractivity contribution in [2.75, 3.05) is 26.3 Å². The van der Waals surface area contributed by atoms with Gasteiger partial charge in [0.25, 0.3) is 5.91 Å². The first-order chi connectivity index (χ1) is 14.2. The van der Waals surface area contributed by atoms with Crippen LogP contribution in [-0.4, -0.2) is 43.1 Å². The Hall–Kier alpha value is -3.84. The molecule has 0 saturated carbocycles. The molecule has 0 saturated heterocycles. The monoisotopic (exact) mass is 391 g/mol. The van der Waals surface area contributed by atoms with Crippen LogP contribution in [0, 0.1) is 22.7 Å². The van der Waals surface area contributed by atoms with Gasteiger partial charge in [0.05, 0.1) is 25.0 Å². The van der Waals surface area contributed by atoms with Gasteiger partial charge in [-0.3, -0.25) is 4.79 Å². The van der Waals surface area contributed by atoms with Crippen LogP contribution >= 0.6 is 0 Å². The second-order valence-electron chi connectivity index (χ2n) is 6.01. The molecule has 0 bridgehead atoms. The molecule has 7 nitrogen and oxygen atoms in total. The summed E-state index contributed by atoms with van der Waals surface area (Å²) in [6.07, 6.45) is 0.287. The third-order valence-electron chi connectivity index (χ3n) is 4.01. The van der Waals surface area contributed by atoms with Crippen molar-refractivity contribution < 1.29 is 19.1 Å². The lowest BCUT2D eigenvalue weighted by atomic mass is 10.1. The summed E-state index contributed by atoms with van der Waals surface area (Å²) in [5.41, 5.74) is 1.80. The molecular weight excluding hydrogens is 370 g/mol. The Labute approximate surface area is 169 Å². The molecule has 7 heteroatoms. The Bertz CT molecular complexity index is 882. The molecule has 0 aliphatic rings. The van der Waals surface area contributed by atoms with E-state index in [1.165, 1.54) is 4.90 Å². The van der Waals surface area contributed by atoms with Crippen molar-refractivity contribution >= 4 is 11.9 Å². The van der Waals surface area contributed by atoms with Crippen molar-refractivity contribution in [3.63, 3.8) is 0 Å². The molecule has 0 fully saturated rings. The zero-order valence-corrected chi connectivity index (χ0v) is 15.9. The van der Waals surface area contributed by atoms with E-state index in [1.54, 1.807) is 12.1 Å². The van der Waals surface area contributed by atoms with Crippen LogP contribution in [0.15, 0.2) is 54.6 Å². The maximum absolute atomic E-state index is 12.2. The van der Waals surface area contributed by atoms with Crippen molar-refractivity contribution in [1.82, 2.24) is 4.90 Å². The second kappa shape index (κ2) is 11.8. The fraction of sp³-hybridized carbons (Fsp3) is 0.273. The van der Waals surface area contributed by atoms with Crippen LogP contribution in [-0.2, 0) is 14.3 Å². The van der Waals surface area contributed by atoms with Gasteiger partial charge in [-0.1, -0.05) is 48.5 Å². The zero-order valence-electron chi connectivity index (χ0n) is 15.9. The van der Waals surface area contributed by atoms with Crippen LogP contribution in [0.4, 0.5) is 0 Å². The molecule has 0 radical (unpaired) electrons. The lowest BCUT2D eigenvalue weighted by Gasteiger charge is -2.20. The maximum atomic E-state index is 12.2. The van der Waals surface area contributed by atoms with Crippen LogP contribution < -0.4 is 4.74 Å². The average molecular weight is 391 g/mol. The van der Waals surface area contributed by atoms with Crippen molar-refractivity contribution in [3.8, 4) is 29.0 Å². The summed E-state index contributed by atoms with van der Waals surface area (Å²) in [7, 11) is 0. The first kappa shape index (κ1) is 21.5. The maximum Gasteiger partial charge on any atom is 0.344 e. The average Bonchev–Trinajstić information content (AvgIpc) is 2.77. The molecule has 0 heterocycles. The molecule has 2 aromatic carbocycles. The number of nitrogens with zero attached hydrogens (tertiary/aromatic N) is 3. The first-order valence-corrected chi connectivity index (χ1v) is 9.10. The minimum atomic E-state index is -0.679. The minimum Gasteiger partial charge on any atom is -0.481 e. The van der Waals surface area contributed by atoms with Crippen molar-refractivity contribution in [2.24, 2.45) is 0 Å². The fourth-order valence-corrected chi connectivity index (χ4v) is 2.59. The van der Waals surface area contributed by atoms with E-state index >= 15 is 0 Å². The predicted molar refractivity (Wildman–Crippen MR) is 105 cm³/mol. The zero-order chi connectivity index (χ0) is 20.9. The Kier molecular flexibility index (Phi) is 8.72. The Morgan fingerprint density at radius 3 is 2.14 bits per heavy atom. The molecule has 0 aliphatic carbocycles. The number of hydrogen-bond donors (Lipinski definition) is 0. The molecule has 0 unspecified atom stereocenters. The van der Waals surface area contributed by atoms with Gasteiger partial charge in [0.15, 0.2) is 13.2 Å². The number of benzene rings is 2. The molecular formula is C22H21N3O4. The van der Waals surface area contributed by atoms with E-state index < -0.39 is 18.5 Å². The molecule has 0 N–H and O–H groups in total. The molecule has 0 aromatic heterocycles. The summed E-state index contributed by atoms with van der Waals surface area (Å²) in [6.45, 7) is -0.419. The summed E-state index contributed by atoms with van der Waals surface area (Å²) in [6, 6.07) is 20.8. The van der Waals surface area contributed by atoms with E-state index in [1.807, 2.05) is 54.6 Å². The van der Waals surface area contributed by atoms with E-state index in [-0.39, 0.29) is 32.5 Å². The fourth-order valence-electron chi connectivity index (χ4n) is 2.59. The Balaban J connectivity index is 1.88. The highest BCUT2D eigenvalue weighted by molar-refractivity contribution is 5.81. The highest BCUT2D eigenvalue weighted by atomic mass is 16.6. The summed E-state index contributed by atoms with van der Waals surface area (Å²) < 4.78 is 10.6. The lowest BCUT2D eigenvalue weighted by molar-refractivity contribution is -0.153. The largest absolute Gasteiger partial charge is 0.481 e. The van der Waals surface area contributed by atoms with E-state index in [9.17, 15) is 9.59 Å². The number of esters is 1. The van der Waals surface area contributed by atoms with Gasteiger partial charge < -0.3 is 14.4 Å². The highest BCUT2D eigenvalue weighted by Gasteiger charge is 2.16. The number of rotatable bonds is 10. The van der Waals surface area contributed by atoms with Crippen LogP contribution in [0.1, 0.15) is 12.8 Å². The van der Waals surface area contributed by atoms with E-state index in [0.717, 1.165) is 11.1 Å². The lowest BCUT2D eigenvalue weighted by Crippen LogP contribution is -2.36. The molecule has 1 amide bonds. The molecule has 0 aliphatic heterocycles. The van der Waals surface area contributed by atoms with Gasteiger partial charge in [-0.15, -0.1) is 0 Å². The van der Waals surface area contributed by atoms with Crippen molar-refractivity contribution in [3.05, 3.63) is 54.6 Å². The Morgan fingerprint density at radius 2 is 1.48 bits per heavy atom. The van der Waals surface area contributed by atoms with Gasteiger partial charge >= 0.3 is 5.97 Å². The van der Waals surface area contributed by atoms with E-state index in [4.69, 9.17) is 20.0 Å². The van der Waals surface area contributed by atoms with Crippen molar-refractivity contribution in [2.45, 2.75) is 12.8 Å². The van der Waals surface area contributed by atoms with E-state index in [2.05, 4.69) is 0 Å². The molecule has 29 heavy (non-hydrogen) atoms. The predicted octanol–water partition coefficient (Wildman–Crippen LogP) is 2.93. The van der Waals surface area contributed by atoms with Gasteiger partial charge in [0, 0.05) is 18.7 Å². The van der Waals surface area contributed by atoms with Gasteiger partial charge in [0.2, 0.25) is 0 Å². The quantitative estimate of drug-likeness (QED) is 0.577. The van der Waals surface area contributed by atoms with Crippen LogP contribution in [0.25, 0.3) is 11.1 Å². The van der Waals surface area contributed by atoms with Gasteiger partial charge in [0.1, 0.15) is 5.75 Å². The number of hydrogen-bond acceptors (Lipinski definition) is 6. The van der Waals surface area contributed by atoms with Gasteiger partial charge in [-0.25, -0.2) is 4.79 Å². The highest BCUT2D eigenvalue weighted by Crippen LogP contribution is 2.29.